The van der Waals surface area contributed by atoms with Gasteiger partial charge in [-0.25, -0.2) is 0 Å². The van der Waals surface area contributed by atoms with Crippen molar-refractivity contribution >= 4 is 17.3 Å². The average molecular weight is 222 g/mol. The van der Waals surface area contributed by atoms with Crippen molar-refractivity contribution in [3.8, 4) is 0 Å². The first kappa shape index (κ1) is 12.0. The van der Waals surface area contributed by atoms with Crippen LogP contribution in [0.15, 0.2) is 35.3 Å². The Hall–Kier alpha value is -1.08. The third-order valence-electron chi connectivity index (χ3n) is 2.23. The SMILES string of the molecule is CCC=CC(=NC)c1c(C)cccc1Cl. The van der Waals surface area contributed by atoms with Crippen molar-refractivity contribution in [2.75, 3.05) is 7.05 Å². The Bertz CT molecular complexity index is 371. The zero-order valence-corrected chi connectivity index (χ0v) is 10.2. The summed E-state index contributed by atoms with van der Waals surface area (Å²) in [4.78, 5) is 4.26. The molecule has 0 atom stereocenters. The van der Waals surface area contributed by atoms with E-state index in [2.05, 4.69) is 18.0 Å². The smallest absolute Gasteiger partial charge is 0.0657 e. The number of benzene rings is 1. The van der Waals surface area contributed by atoms with Gasteiger partial charge >= 0.3 is 0 Å². The highest BCUT2D eigenvalue weighted by Gasteiger charge is 2.07. The summed E-state index contributed by atoms with van der Waals surface area (Å²) in [7, 11) is 1.79. The van der Waals surface area contributed by atoms with Crippen molar-refractivity contribution in [2.45, 2.75) is 20.3 Å². The molecule has 0 saturated carbocycles. The average Bonchev–Trinajstić information content (AvgIpc) is 2.22. The number of hydrogen-bond acceptors (Lipinski definition) is 1. The zero-order valence-electron chi connectivity index (χ0n) is 9.42. The van der Waals surface area contributed by atoms with E-state index in [9.17, 15) is 0 Å². The summed E-state index contributed by atoms with van der Waals surface area (Å²) in [6.07, 6.45) is 5.11. The monoisotopic (exact) mass is 221 g/mol. The molecule has 1 aromatic rings. The molecule has 2 heteroatoms. The van der Waals surface area contributed by atoms with Gasteiger partial charge in [0.1, 0.15) is 0 Å². The largest absolute Gasteiger partial charge is 0.288 e. The van der Waals surface area contributed by atoms with Gasteiger partial charge in [-0.15, -0.1) is 0 Å². The van der Waals surface area contributed by atoms with E-state index in [-0.39, 0.29) is 0 Å². The van der Waals surface area contributed by atoms with Gasteiger partial charge < -0.3 is 0 Å². The fraction of sp³-hybridized carbons (Fsp3) is 0.308. The van der Waals surface area contributed by atoms with Gasteiger partial charge in [0.25, 0.3) is 0 Å². The molecule has 0 aromatic heterocycles. The van der Waals surface area contributed by atoms with Gasteiger partial charge in [0.05, 0.1) is 10.7 Å². The maximum Gasteiger partial charge on any atom is 0.0657 e. The molecule has 1 rings (SSSR count). The van der Waals surface area contributed by atoms with Crippen LogP contribution in [0.3, 0.4) is 0 Å². The van der Waals surface area contributed by atoms with Gasteiger partial charge in [0.15, 0.2) is 0 Å². The Morgan fingerprint density at radius 3 is 2.73 bits per heavy atom. The molecule has 0 aliphatic heterocycles. The van der Waals surface area contributed by atoms with Crippen molar-refractivity contribution < 1.29 is 0 Å². The van der Waals surface area contributed by atoms with Crippen LogP contribution >= 0.6 is 11.6 Å². The summed E-state index contributed by atoms with van der Waals surface area (Å²) in [5.41, 5.74) is 3.13. The molecule has 0 amide bonds. The van der Waals surface area contributed by atoms with Crippen LogP contribution < -0.4 is 0 Å². The summed E-state index contributed by atoms with van der Waals surface area (Å²) in [6.45, 7) is 4.15. The Balaban J connectivity index is 3.19. The summed E-state index contributed by atoms with van der Waals surface area (Å²) < 4.78 is 0. The molecule has 0 N–H and O–H groups in total. The molecule has 0 saturated heterocycles. The van der Waals surface area contributed by atoms with Gasteiger partial charge in [0.2, 0.25) is 0 Å². The number of aliphatic imine (C=N–C) groups is 1. The second-order valence-corrected chi connectivity index (χ2v) is 3.76. The van der Waals surface area contributed by atoms with Crippen LogP contribution in [-0.2, 0) is 0 Å². The van der Waals surface area contributed by atoms with Crippen molar-refractivity contribution in [3.05, 3.63) is 46.5 Å². The van der Waals surface area contributed by atoms with Gasteiger partial charge in [-0.2, -0.15) is 0 Å². The summed E-state index contributed by atoms with van der Waals surface area (Å²) in [6, 6.07) is 5.90. The summed E-state index contributed by atoms with van der Waals surface area (Å²) in [5.74, 6) is 0. The van der Waals surface area contributed by atoms with E-state index < -0.39 is 0 Å². The van der Waals surface area contributed by atoms with Crippen LogP contribution in [0.5, 0.6) is 0 Å². The van der Waals surface area contributed by atoms with E-state index in [1.807, 2.05) is 31.2 Å². The van der Waals surface area contributed by atoms with Crippen molar-refractivity contribution in [1.82, 2.24) is 0 Å². The van der Waals surface area contributed by atoms with E-state index in [1.165, 1.54) is 0 Å². The predicted molar refractivity (Wildman–Crippen MR) is 68.1 cm³/mol. The third-order valence-corrected chi connectivity index (χ3v) is 2.55. The first-order chi connectivity index (χ1) is 7.20. The van der Waals surface area contributed by atoms with Gasteiger partial charge in [0, 0.05) is 12.6 Å². The lowest BCUT2D eigenvalue weighted by atomic mass is 10.0. The van der Waals surface area contributed by atoms with E-state index in [1.54, 1.807) is 7.05 Å². The predicted octanol–water partition coefficient (Wildman–Crippen LogP) is 4.03. The number of hydrogen-bond donors (Lipinski definition) is 0. The minimum atomic E-state index is 0.761. The molecule has 1 aromatic carbocycles. The Labute approximate surface area is 96.5 Å². The highest BCUT2D eigenvalue weighted by atomic mass is 35.5. The van der Waals surface area contributed by atoms with Crippen molar-refractivity contribution in [3.63, 3.8) is 0 Å². The Morgan fingerprint density at radius 1 is 1.47 bits per heavy atom. The zero-order chi connectivity index (χ0) is 11.3. The maximum absolute atomic E-state index is 6.17. The second kappa shape index (κ2) is 5.72. The number of nitrogens with zero attached hydrogens (tertiary/aromatic N) is 1. The molecular formula is C13H16ClN. The molecule has 0 radical (unpaired) electrons. The minimum absolute atomic E-state index is 0.761. The van der Waals surface area contributed by atoms with E-state index in [4.69, 9.17) is 11.6 Å². The molecule has 15 heavy (non-hydrogen) atoms. The van der Waals surface area contributed by atoms with Crippen LogP contribution in [0.1, 0.15) is 24.5 Å². The Morgan fingerprint density at radius 2 is 2.20 bits per heavy atom. The molecule has 0 unspecified atom stereocenters. The lowest BCUT2D eigenvalue weighted by molar-refractivity contribution is 1.22. The lowest BCUT2D eigenvalue weighted by Gasteiger charge is -2.07. The normalized spacial score (nSPS) is 12.4. The van der Waals surface area contributed by atoms with E-state index >= 15 is 0 Å². The van der Waals surface area contributed by atoms with Crippen LogP contribution in [0.2, 0.25) is 5.02 Å². The molecule has 0 aliphatic carbocycles. The lowest BCUT2D eigenvalue weighted by Crippen LogP contribution is -2.00. The summed E-state index contributed by atoms with van der Waals surface area (Å²) >= 11 is 6.17. The second-order valence-electron chi connectivity index (χ2n) is 3.35. The fourth-order valence-electron chi connectivity index (χ4n) is 1.46. The number of halogens is 1. The minimum Gasteiger partial charge on any atom is -0.288 e. The molecule has 0 aliphatic rings. The molecule has 0 bridgehead atoms. The van der Waals surface area contributed by atoms with Crippen LogP contribution in [0, 0.1) is 6.92 Å². The maximum atomic E-state index is 6.17. The van der Waals surface area contributed by atoms with E-state index in [0.29, 0.717) is 0 Å². The highest BCUT2D eigenvalue weighted by molar-refractivity contribution is 6.35. The third kappa shape index (κ3) is 2.93. The topological polar surface area (TPSA) is 12.4 Å². The quantitative estimate of drug-likeness (QED) is 0.684. The van der Waals surface area contributed by atoms with E-state index in [0.717, 1.165) is 28.3 Å². The van der Waals surface area contributed by atoms with Crippen LogP contribution in [0.4, 0.5) is 0 Å². The van der Waals surface area contributed by atoms with Gasteiger partial charge in [-0.1, -0.05) is 36.7 Å². The van der Waals surface area contributed by atoms with Crippen LogP contribution in [-0.4, -0.2) is 12.8 Å². The van der Waals surface area contributed by atoms with Crippen molar-refractivity contribution in [2.24, 2.45) is 4.99 Å². The number of rotatable bonds is 3. The number of allylic oxidation sites excluding steroid dienone is 2. The molecular weight excluding hydrogens is 206 g/mol. The first-order valence-corrected chi connectivity index (χ1v) is 5.47. The molecule has 1 nitrogen and oxygen atoms in total. The first-order valence-electron chi connectivity index (χ1n) is 5.09. The number of aryl methyl sites for hydroxylation is 1. The highest BCUT2D eigenvalue weighted by Crippen LogP contribution is 2.20. The van der Waals surface area contributed by atoms with Gasteiger partial charge in [-0.05, 0) is 31.1 Å². The summed E-state index contributed by atoms with van der Waals surface area (Å²) in [5, 5.41) is 0.761. The van der Waals surface area contributed by atoms with Crippen molar-refractivity contribution in [1.29, 1.82) is 0 Å². The van der Waals surface area contributed by atoms with Crippen LogP contribution in [0.25, 0.3) is 0 Å². The van der Waals surface area contributed by atoms with Gasteiger partial charge in [-0.3, -0.25) is 4.99 Å². The molecule has 0 fully saturated rings. The molecule has 0 spiro atoms. The molecule has 0 heterocycles. The standard InChI is InChI=1S/C13H16ClN/c1-4-5-9-12(15-3)13-10(2)7-6-8-11(13)14/h5-9H,4H2,1-3H3. The molecule has 80 valence electrons. The Kier molecular flexibility index (Phi) is 4.57. The fourth-order valence-corrected chi connectivity index (χ4v) is 1.77.